The van der Waals surface area contributed by atoms with Crippen LogP contribution in [-0.4, -0.2) is 30.1 Å². The fourth-order valence-electron chi connectivity index (χ4n) is 1.79. The van der Waals surface area contributed by atoms with E-state index in [0.29, 0.717) is 13.1 Å². The topological polar surface area (TPSA) is 76.8 Å². The Hall–Kier alpha value is -1.10. The third kappa shape index (κ3) is 2.18. The van der Waals surface area contributed by atoms with E-state index in [-0.39, 0.29) is 12.1 Å². The Morgan fingerprint density at radius 1 is 1.23 bits per heavy atom. The molecule has 0 aromatic carbocycles. The van der Waals surface area contributed by atoms with Gasteiger partial charge in [-0.05, 0) is 19.3 Å². The van der Waals surface area contributed by atoms with Crippen molar-refractivity contribution in [2.75, 3.05) is 13.1 Å². The van der Waals surface area contributed by atoms with Crippen LogP contribution in [0.5, 0.6) is 0 Å². The molecule has 0 radical (unpaired) electrons. The molecule has 2 N–H and O–H groups in total. The van der Waals surface area contributed by atoms with Gasteiger partial charge >= 0.3 is 0 Å². The van der Waals surface area contributed by atoms with Gasteiger partial charge in [0.15, 0.2) is 0 Å². The lowest BCUT2D eigenvalue weighted by Crippen LogP contribution is -2.47. The monoisotopic (exact) mass is 178 g/mol. The summed E-state index contributed by atoms with van der Waals surface area (Å²) >= 11 is 0. The fraction of sp³-hybridized carbons (Fsp3) is 0.778. The third-order valence-corrected chi connectivity index (χ3v) is 2.44. The molecule has 1 heterocycles. The van der Waals surface area contributed by atoms with Gasteiger partial charge in [0.25, 0.3) is 0 Å². The van der Waals surface area contributed by atoms with Crippen molar-refractivity contribution in [3.63, 3.8) is 0 Å². The van der Waals surface area contributed by atoms with Crippen molar-refractivity contribution in [1.29, 1.82) is 10.5 Å². The number of hydrogen-bond acceptors (Lipinski definition) is 4. The smallest absolute Gasteiger partial charge is 0.0988 e. The fourth-order valence-corrected chi connectivity index (χ4v) is 1.79. The highest BCUT2D eigenvalue weighted by Crippen LogP contribution is 2.21. The summed E-state index contributed by atoms with van der Waals surface area (Å²) in [5, 5.41) is 17.7. The minimum absolute atomic E-state index is 0.109. The maximum atomic E-state index is 8.86. The normalized spacial score (nSPS) is 29.2. The molecule has 0 bridgehead atoms. The lowest BCUT2D eigenvalue weighted by molar-refractivity contribution is 0.149. The summed E-state index contributed by atoms with van der Waals surface area (Å²) in [5.41, 5.74) is 5.43. The maximum absolute atomic E-state index is 8.86. The highest BCUT2D eigenvalue weighted by atomic mass is 15.2. The number of likely N-dealkylation sites (tertiary alicyclic amines) is 1. The van der Waals surface area contributed by atoms with Crippen molar-refractivity contribution >= 4 is 0 Å². The molecule has 4 heteroatoms. The van der Waals surface area contributed by atoms with Crippen molar-refractivity contribution in [2.45, 2.75) is 31.3 Å². The first kappa shape index (κ1) is 9.98. The number of rotatable bonds is 2. The van der Waals surface area contributed by atoms with Gasteiger partial charge in [-0.2, -0.15) is 10.5 Å². The molecule has 1 fully saturated rings. The number of nitrogens with two attached hydrogens (primary N) is 1. The van der Waals surface area contributed by atoms with Gasteiger partial charge in [-0.3, -0.25) is 4.90 Å². The molecule has 70 valence electrons. The van der Waals surface area contributed by atoms with Gasteiger partial charge in [-0.25, -0.2) is 0 Å². The zero-order chi connectivity index (χ0) is 9.68. The standard InChI is InChI=1S/C9H14N4/c10-4-5-13-8(6-11)2-1-3-9(13)7-12/h8-9H,1-5,10H2. The number of hydrogen-bond donors (Lipinski definition) is 1. The van der Waals surface area contributed by atoms with Crippen LogP contribution in [0, 0.1) is 22.7 Å². The van der Waals surface area contributed by atoms with E-state index in [0.717, 1.165) is 19.3 Å². The lowest BCUT2D eigenvalue weighted by Gasteiger charge is -2.34. The minimum atomic E-state index is -0.109. The highest BCUT2D eigenvalue weighted by Gasteiger charge is 2.29. The van der Waals surface area contributed by atoms with E-state index in [2.05, 4.69) is 12.1 Å². The zero-order valence-electron chi connectivity index (χ0n) is 7.61. The second-order valence-corrected chi connectivity index (χ2v) is 3.25. The molecule has 0 aromatic heterocycles. The van der Waals surface area contributed by atoms with Gasteiger partial charge in [-0.15, -0.1) is 0 Å². The second kappa shape index (κ2) is 4.81. The zero-order valence-corrected chi connectivity index (χ0v) is 7.61. The number of nitrogens with zero attached hydrogens (tertiary/aromatic N) is 3. The van der Waals surface area contributed by atoms with Gasteiger partial charge in [0.1, 0.15) is 0 Å². The quantitative estimate of drug-likeness (QED) is 0.656. The molecular weight excluding hydrogens is 164 g/mol. The van der Waals surface area contributed by atoms with Crippen molar-refractivity contribution in [1.82, 2.24) is 4.90 Å². The van der Waals surface area contributed by atoms with Crippen LogP contribution in [0.3, 0.4) is 0 Å². The van der Waals surface area contributed by atoms with Crippen LogP contribution in [0.2, 0.25) is 0 Å². The molecule has 1 aliphatic heterocycles. The summed E-state index contributed by atoms with van der Waals surface area (Å²) in [6.45, 7) is 1.16. The molecule has 0 aliphatic carbocycles. The van der Waals surface area contributed by atoms with Gasteiger partial charge in [-0.1, -0.05) is 0 Å². The Kier molecular flexibility index (Phi) is 3.70. The van der Waals surface area contributed by atoms with Crippen molar-refractivity contribution in [2.24, 2.45) is 5.73 Å². The van der Waals surface area contributed by atoms with Crippen molar-refractivity contribution in [3.05, 3.63) is 0 Å². The Morgan fingerprint density at radius 2 is 1.77 bits per heavy atom. The molecule has 0 saturated carbocycles. The van der Waals surface area contributed by atoms with E-state index in [1.54, 1.807) is 0 Å². The maximum Gasteiger partial charge on any atom is 0.0988 e. The number of nitriles is 2. The van der Waals surface area contributed by atoms with Crippen LogP contribution in [0.25, 0.3) is 0 Å². The SMILES string of the molecule is N#CC1CCCC(C#N)N1CCN. The Morgan fingerprint density at radius 3 is 2.15 bits per heavy atom. The summed E-state index contributed by atoms with van der Waals surface area (Å²) in [4.78, 5) is 1.92. The first-order valence-electron chi connectivity index (χ1n) is 4.58. The first-order valence-corrected chi connectivity index (χ1v) is 4.58. The third-order valence-electron chi connectivity index (χ3n) is 2.44. The average Bonchev–Trinajstić information content (AvgIpc) is 2.18. The Labute approximate surface area is 78.5 Å². The van der Waals surface area contributed by atoms with Crippen LogP contribution >= 0.6 is 0 Å². The van der Waals surface area contributed by atoms with Gasteiger partial charge in [0, 0.05) is 13.1 Å². The van der Waals surface area contributed by atoms with E-state index >= 15 is 0 Å². The summed E-state index contributed by atoms with van der Waals surface area (Å²) in [7, 11) is 0. The second-order valence-electron chi connectivity index (χ2n) is 3.25. The van der Waals surface area contributed by atoms with E-state index in [1.807, 2.05) is 4.90 Å². The summed E-state index contributed by atoms with van der Waals surface area (Å²) in [5.74, 6) is 0. The van der Waals surface area contributed by atoms with E-state index in [4.69, 9.17) is 16.3 Å². The van der Waals surface area contributed by atoms with E-state index < -0.39 is 0 Å². The molecule has 2 unspecified atom stereocenters. The Balaban J connectivity index is 2.66. The average molecular weight is 178 g/mol. The van der Waals surface area contributed by atoms with Gasteiger partial charge in [0.2, 0.25) is 0 Å². The van der Waals surface area contributed by atoms with Crippen molar-refractivity contribution in [3.8, 4) is 12.1 Å². The highest BCUT2D eigenvalue weighted by molar-refractivity contribution is 5.04. The largest absolute Gasteiger partial charge is 0.329 e. The molecule has 0 amide bonds. The minimum Gasteiger partial charge on any atom is -0.329 e. The molecule has 4 nitrogen and oxygen atoms in total. The van der Waals surface area contributed by atoms with Crippen LogP contribution < -0.4 is 5.73 Å². The lowest BCUT2D eigenvalue weighted by atomic mass is 9.97. The summed E-state index contributed by atoms with van der Waals surface area (Å²) in [6, 6.07) is 4.23. The molecule has 0 aromatic rings. The summed E-state index contributed by atoms with van der Waals surface area (Å²) in [6.07, 6.45) is 2.71. The summed E-state index contributed by atoms with van der Waals surface area (Å²) < 4.78 is 0. The van der Waals surface area contributed by atoms with E-state index in [9.17, 15) is 0 Å². The van der Waals surface area contributed by atoms with Crippen LogP contribution in [0.4, 0.5) is 0 Å². The van der Waals surface area contributed by atoms with Crippen LogP contribution in [-0.2, 0) is 0 Å². The molecular formula is C9H14N4. The molecule has 1 saturated heterocycles. The molecule has 2 atom stereocenters. The molecule has 1 rings (SSSR count). The number of piperidine rings is 1. The predicted octanol–water partition coefficient (Wildman–Crippen LogP) is 0.215. The molecule has 1 aliphatic rings. The van der Waals surface area contributed by atoms with Gasteiger partial charge < -0.3 is 5.73 Å². The molecule has 13 heavy (non-hydrogen) atoms. The van der Waals surface area contributed by atoms with Crippen LogP contribution in [0.15, 0.2) is 0 Å². The van der Waals surface area contributed by atoms with Gasteiger partial charge in [0.05, 0.1) is 24.2 Å². The van der Waals surface area contributed by atoms with Crippen LogP contribution in [0.1, 0.15) is 19.3 Å². The predicted molar refractivity (Wildman–Crippen MR) is 48.4 cm³/mol. The van der Waals surface area contributed by atoms with Crippen molar-refractivity contribution < 1.29 is 0 Å². The molecule has 0 spiro atoms. The Bertz CT molecular complexity index is 215. The van der Waals surface area contributed by atoms with E-state index in [1.165, 1.54) is 0 Å². The first-order chi connectivity index (χ1) is 6.33.